The lowest BCUT2D eigenvalue weighted by Crippen LogP contribution is -2.47. The summed E-state index contributed by atoms with van der Waals surface area (Å²) in [5, 5.41) is 17.2. The number of nitriles is 1. The Labute approximate surface area is 217 Å². The van der Waals surface area contributed by atoms with Crippen molar-refractivity contribution in [2.24, 2.45) is 13.0 Å². The number of anilines is 1. The van der Waals surface area contributed by atoms with Crippen LogP contribution >= 0.6 is 12.4 Å². The van der Waals surface area contributed by atoms with Crippen LogP contribution < -0.4 is 9.64 Å². The predicted molar refractivity (Wildman–Crippen MR) is 133 cm³/mol. The number of pyridine rings is 2. The molecule has 8 nitrogen and oxygen atoms in total. The van der Waals surface area contributed by atoms with Crippen LogP contribution in [0.25, 0.3) is 22.3 Å². The van der Waals surface area contributed by atoms with Crippen LogP contribution in [0.2, 0.25) is 0 Å². The lowest BCUT2D eigenvalue weighted by molar-refractivity contribution is -0.138. The third-order valence-corrected chi connectivity index (χ3v) is 6.23. The van der Waals surface area contributed by atoms with Gasteiger partial charge in [-0.25, -0.2) is 14.6 Å². The van der Waals surface area contributed by atoms with Gasteiger partial charge in [-0.05, 0) is 55.7 Å². The van der Waals surface area contributed by atoms with Crippen molar-refractivity contribution in [3.63, 3.8) is 0 Å². The van der Waals surface area contributed by atoms with Gasteiger partial charge in [0.05, 0.1) is 23.4 Å². The zero-order valence-corrected chi connectivity index (χ0v) is 20.8. The average molecular weight is 530 g/mol. The van der Waals surface area contributed by atoms with E-state index in [0.29, 0.717) is 23.4 Å². The molecule has 5 rings (SSSR count). The summed E-state index contributed by atoms with van der Waals surface area (Å²) in [6.07, 6.45) is -3.98. The standard InChI is InChI=1S/C25H22F3N7O.ClH/c1-15-4-3-5-23(30-15)35-13-16(14-35)8-9-36-22-7-6-17(10-18(22)25(26,27)28)19-11-21-24(20(12-29)31-19)32-33-34(21)2;/h3-7,10-11,16H,8-9,13-14H2,1-2H3;1H. The largest absolute Gasteiger partial charge is 0.493 e. The van der Waals surface area contributed by atoms with Crippen LogP contribution in [0.3, 0.4) is 0 Å². The average Bonchev–Trinajstić information content (AvgIpc) is 3.20. The fraction of sp³-hybridized carbons (Fsp3) is 0.320. The molecule has 1 aliphatic heterocycles. The molecule has 0 radical (unpaired) electrons. The quantitative estimate of drug-likeness (QED) is 0.349. The van der Waals surface area contributed by atoms with Gasteiger partial charge in [-0.1, -0.05) is 11.3 Å². The van der Waals surface area contributed by atoms with Crippen LogP contribution in [0.4, 0.5) is 19.0 Å². The van der Waals surface area contributed by atoms with Crippen LogP contribution in [0.5, 0.6) is 5.75 Å². The molecule has 0 amide bonds. The van der Waals surface area contributed by atoms with Gasteiger partial charge in [-0.15, -0.1) is 17.5 Å². The SMILES string of the molecule is Cc1cccc(N2CC(CCOc3ccc(-c4cc5c(nnn5C)c(C#N)n4)cc3C(F)(F)F)C2)n1.Cl. The lowest BCUT2D eigenvalue weighted by atomic mass is 9.97. The first-order chi connectivity index (χ1) is 17.2. The number of aromatic nitrogens is 5. The molecule has 0 aliphatic carbocycles. The van der Waals surface area contributed by atoms with Gasteiger partial charge >= 0.3 is 6.18 Å². The number of nitrogens with zero attached hydrogens (tertiary/aromatic N) is 7. The molecule has 192 valence electrons. The second kappa shape index (κ2) is 10.2. The van der Waals surface area contributed by atoms with Crippen molar-refractivity contribution in [1.82, 2.24) is 25.0 Å². The third kappa shape index (κ3) is 5.29. The summed E-state index contributed by atoms with van der Waals surface area (Å²) in [5.41, 5.74) is 1.30. The summed E-state index contributed by atoms with van der Waals surface area (Å²) >= 11 is 0. The van der Waals surface area contributed by atoms with Crippen molar-refractivity contribution in [3.8, 4) is 23.1 Å². The van der Waals surface area contributed by atoms with Crippen LogP contribution in [-0.4, -0.2) is 44.7 Å². The molecule has 4 heterocycles. The monoisotopic (exact) mass is 529 g/mol. The second-order valence-electron chi connectivity index (χ2n) is 8.80. The Bertz CT molecular complexity index is 1480. The molecular weight excluding hydrogens is 507 g/mol. The molecular formula is C25H23ClF3N7O. The van der Waals surface area contributed by atoms with E-state index in [2.05, 4.69) is 25.2 Å². The normalized spacial score (nSPS) is 13.7. The van der Waals surface area contributed by atoms with E-state index in [9.17, 15) is 18.4 Å². The highest BCUT2D eigenvalue weighted by atomic mass is 35.5. The highest BCUT2D eigenvalue weighted by molar-refractivity contribution is 5.85. The fourth-order valence-electron chi connectivity index (χ4n) is 4.27. The molecule has 0 saturated carbocycles. The number of hydrogen-bond donors (Lipinski definition) is 0. The number of rotatable bonds is 6. The van der Waals surface area contributed by atoms with Crippen molar-refractivity contribution in [1.29, 1.82) is 5.26 Å². The van der Waals surface area contributed by atoms with Gasteiger partial charge in [0.2, 0.25) is 0 Å². The van der Waals surface area contributed by atoms with E-state index in [1.54, 1.807) is 13.1 Å². The van der Waals surface area contributed by atoms with Gasteiger partial charge in [0.1, 0.15) is 23.2 Å². The minimum atomic E-state index is -4.62. The molecule has 12 heteroatoms. The molecule has 0 bridgehead atoms. The molecule has 0 unspecified atom stereocenters. The highest BCUT2D eigenvalue weighted by Crippen LogP contribution is 2.39. The Hall–Kier alpha value is -3.91. The molecule has 1 saturated heterocycles. The Morgan fingerprint density at radius 2 is 1.92 bits per heavy atom. The van der Waals surface area contributed by atoms with Crippen LogP contribution in [0, 0.1) is 24.2 Å². The lowest BCUT2D eigenvalue weighted by Gasteiger charge is -2.40. The zero-order chi connectivity index (χ0) is 25.4. The molecule has 1 aromatic carbocycles. The molecule has 0 spiro atoms. The zero-order valence-electron chi connectivity index (χ0n) is 20.0. The summed E-state index contributed by atoms with van der Waals surface area (Å²) in [7, 11) is 1.64. The number of halogens is 4. The summed E-state index contributed by atoms with van der Waals surface area (Å²) in [4.78, 5) is 10.8. The first kappa shape index (κ1) is 26.2. The van der Waals surface area contributed by atoms with Crippen molar-refractivity contribution >= 4 is 29.3 Å². The van der Waals surface area contributed by atoms with Crippen molar-refractivity contribution < 1.29 is 17.9 Å². The minimum absolute atomic E-state index is 0. The number of hydrogen-bond acceptors (Lipinski definition) is 7. The van der Waals surface area contributed by atoms with E-state index < -0.39 is 11.7 Å². The Morgan fingerprint density at radius 3 is 2.62 bits per heavy atom. The van der Waals surface area contributed by atoms with Crippen LogP contribution in [-0.2, 0) is 13.2 Å². The molecule has 4 aromatic rings. The van der Waals surface area contributed by atoms with Gasteiger partial charge in [-0.3, -0.25) is 0 Å². The molecule has 3 aromatic heterocycles. The van der Waals surface area contributed by atoms with E-state index in [-0.39, 0.29) is 41.7 Å². The van der Waals surface area contributed by atoms with Crippen molar-refractivity contribution in [2.75, 3.05) is 24.6 Å². The number of ether oxygens (including phenoxy) is 1. The summed E-state index contributed by atoms with van der Waals surface area (Å²) in [5.74, 6) is 1.01. The molecule has 0 atom stereocenters. The maximum Gasteiger partial charge on any atom is 0.419 e. The van der Waals surface area contributed by atoms with Crippen LogP contribution in [0.15, 0.2) is 42.5 Å². The van der Waals surface area contributed by atoms with Gasteiger partial charge in [-0.2, -0.15) is 18.4 Å². The smallest absolute Gasteiger partial charge is 0.419 e. The third-order valence-electron chi connectivity index (χ3n) is 6.23. The highest BCUT2D eigenvalue weighted by Gasteiger charge is 2.35. The fourth-order valence-corrected chi connectivity index (χ4v) is 4.27. The Balaban J connectivity index is 0.00000320. The van der Waals surface area contributed by atoms with Crippen molar-refractivity contribution in [2.45, 2.75) is 19.5 Å². The van der Waals surface area contributed by atoms with E-state index in [0.717, 1.165) is 30.7 Å². The molecule has 1 aliphatic rings. The molecule has 37 heavy (non-hydrogen) atoms. The van der Waals surface area contributed by atoms with Gasteiger partial charge < -0.3 is 9.64 Å². The minimum Gasteiger partial charge on any atom is -0.493 e. The maximum absolute atomic E-state index is 13.9. The number of benzene rings is 1. The van der Waals surface area contributed by atoms with Crippen molar-refractivity contribution in [3.05, 3.63) is 59.4 Å². The molecule has 1 fully saturated rings. The topological polar surface area (TPSA) is 92.8 Å². The van der Waals surface area contributed by atoms with E-state index in [4.69, 9.17) is 4.74 Å². The first-order valence-corrected chi connectivity index (χ1v) is 11.4. The number of alkyl halides is 3. The van der Waals surface area contributed by atoms with Crippen LogP contribution in [0.1, 0.15) is 23.4 Å². The van der Waals surface area contributed by atoms with Gasteiger partial charge in [0.15, 0.2) is 5.69 Å². The first-order valence-electron chi connectivity index (χ1n) is 11.4. The predicted octanol–water partition coefficient (Wildman–Crippen LogP) is 4.95. The van der Waals surface area contributed by atoms with E-state index in [1.165, 1.54) is 16.8 Å². The van der Waals surface area contributed by atoms with Gasteiger partial charge in [0.25, 0.3) is 0 Å². The molecule has 0 N–H and O–H groups in total. The Morgan fingerprint density at radius 1 is 1.14 bits per heavy atom. The summed E-state index contributed by atoms with van der Waals surface area (Å²) in [6, 6.07) is 13.2. The van der Waals surface area contributed by atoms with E-state index >= 15 is 0 Å². The maximum atomic E-state index is 13.9. The Kier molecular flexibility index (Phi) is 7.23. The number of fused-ring (bicyclic) bond motifs is 1. The number of aryl methyl sites for hydroxylation is 2. The summed E-state index contributed by atoms with van der Waals surface area (Å²) in [6.45, 7) is 3.70. The second-order valence-corrected chi connectivity index (χ2v) is 8.80. The van der Waals surface area contributed by atoms with Gasteiger partial charge in [0, 0.05) is 31.4 Å². The summed E-state index contributed by atoms with van der Waals surface area (Å²) < 4.78 is 48.7. The van der Waals surface area contributed by atoms with E-state index in [1.807, 2.05) is 31.2 Å².